The van der Waals surface area contributed by atoms with E-state index in [4.69, 9.17) is 9.47 Å². The molecule has 8 nitrogen and oxygen atoms in total. The summed E-state index contributed by atoms with van der Waals surface area (Å²) in [5.74, 6) is 2.95. The normalized spacial score (nSPS) is 11.4. The van der Waals surface area contributed by atoms with Gasteiger partial charge in [-0.1, -0.05) is 12.1 Å². The van der Waals surface area contributed by atoms with Crippen LogP contribution in [-0.4, -0.2) is 41.3 Å². The summed E-state index contributed by atoms with van der Waals surface area (Å²) in [5, 5.41) is 14.9. The third-order valence-electron chi connectivity index (χ3n) is 4.01. The van der Waals surface area contributed by atoms with Gasteiger partial charge in [0.05, 0.1) is 20.3 Å². The molecule has 0 saturated heterocycles. The first-order valence-electron chi connectivity index (χ1n) is 8.78. The van der Waals surface area contributed by atoms with Crippen molar-refractivity contribution in [3.8, 4) is 11.5 Å². The Bertz CT molecular complexity index is 921. The Balaban J connectivity index is 1.60. The third kappa shape index (κ3) is 4.46. The fraction of sp³-hybridized carbons (Fsp3) is 0.316. The summed E-state index contributed by atoms with van der Waals surface area (Å²) in [7, 11) is 3.37. The Morgan fingerprint density at radius 2 is 1.96 bits per heavy atom. The molecule has 0 aliphatic rings. The van der Waals surface area contributed by atoms with Crippen LogP contribution < -0.4 is 20.1 Å². The number of hydrogen-bond acceptors (Lipinski definition) is 5. The zero-order valence-corrected chi connectivity index (χ0v) is 15.8. The largest absolute Gasteiger partial charge is 0.493 e. The number of rotatable bonds is 7. The minimum absolute atomic E-state index is 0.512. The van der Waals surface area contributed by atoms with E-state index >= 15 is 0 Å². The molecule has 0 spiro atoms. The molecule has 3 rings (SSSR count). The maximum Gasteiger partial charge on any atom is 0.191 e. The average Bonchev–Trinajstić information content (AvgIpc) is 3.12. The van der Waals surface area contributed by atoms with Crippen LogP contribution >= 0.6 is 0 Å². The number of hydrogen-bond donors (Lipinski definition) is 2. The van der Waals surface area contributed by atoms with Crippen LogP contribution in [0.25, 0.3) is 5.65 Å². The van der Waals surface area contributed by atoms with Gasteiger partial charge in [-0.05, 0) is 36.8 Å². The number of aromatic nitrogens is 3. The summed E-state index contributed by atoms with van der Waals surface area (Å²) in [6.07, 6.45) is 1.94. The van der Waals surface area contributed by atoms with E-state index < -0.39 is 0 Å². The Kier molecular flexibility index (Phi) is 6.09. The summed E-state index contributed by atoms with van der Waals surface area (Å²) >= 11 is 0. The van der Waals surface area contributed by atoms with Crippen LogP contribution in [0.1, 0.15) is 18.3 Å². The molecule has 0 radical (unpaired) electrons. The standard InChI is InChI=1S/C19H24N6O2/c1-4-27-16-11-14(8-9-15(16)26-3)12-21-19(20-2)22-13-18-24-23-17-7-5-6-10-25(17)18/h5-11H,4,12-13H2,1-3H3,(H2,20,21,22). The minimum Gasteiger partial charge on any atom is -0.493 e. The van der Waals surface area contributed by atoms with Gasteiger partial charge in [0.25, 0.3) is 0 Å². The van der Waals surface area contributed by atoms with E-state index in [1.54, 1.807) is 14.2 Å². The predicted molar refractivity (Wildman–Crippen MR) is 104 cm³/mol. The van der Waals surface area contributed by atoms with Crippen molar-refractivity contribution in [1.82, 2.24) is 25.2 Å². The molecule has 2 N–H and O–H groups in total. The van der Waals surface area contributed by atoms with E-state index in [0.29, 0.717) is 25.7 Å². The lowest BCUT2D eigenvalue weighted by Crippen LogP contribution is -2.36. The van der Waals surface area contributed by atoms with E-state index in [0.717, 1.165) is 28.5 Å². The highest BCUT2D eigenvalue weighted by Gasteiger charge is 2.08. The lowest BCUT2D eigenvalue weighted by Gasteiger charge is -2.14. The lowest BCUT2D eigenvalue weighted by atomic mass is 10.2. The summed E-state index contributed by atoms with van der Waals surface area (Å²) < 4.78 is 12.9. The van der Waals surface area contributed by atoms with Gasteiger partial charge in [-0.3, -0.25) is 9.39 Å². The molecule has 142 valence electrons. The molecule has 0 saturated carbocycles. The van der Waals surface area contributed by atoms with Crippen LogP contribution in [0.5, 0.6) is 11.5 Å². The van der Waals surface area contributed by atoms with Gasteiger partial charge >= 0.3 is 0 Å². The topological polar surface area (TPSA) is 85.1 Å². The quantitative estimate of drug-likeness (QED) is 0.490. The second-order valence-corrected chi connectivity index (χ2v) is 5.74. The van der Waals surface area contributed by atoms with Gasteiger partial charge in [-0.2, -0.15) is 0 Å². The average molecular weight is 368 g/mol. The van der Waals surface area contributed by atoms with Gasteiger partial charge in [0.2, 0.25) is 0 Å². The maximum atomic E-state index is 5.62. The van der Waals surface area contributed by atoms with Crippen molar-refractivity contribution in [2.45, 2.75) is 20.0 Å². The second-order valence-electron chi connectivity index (χ2n) is 5.74. The molecule has 1 aromatic carbocycles. The second kappa shape index (κ2) is 8.88. The van der Waals surface area contributed by atoms with E-state index in [-0.39, 0.29) is 0 Å². The fourth-order valence-corrected chi connectivity index (χ4v) is 2.68. The molecule has 2 heterocycles. The number of aliphatic imine (C=N–C) groups is 1. The first kappa shape index (κ1) is 18.5. The predicted octanol–water partition coefficient (Wildman–Crippen LogP) is 2.00. The van der Waals surface area contributed by atoms with E-state index in [2.05, 4.69) is 25.8 Å². The summed E-state index contributed by atoms with van der Waals surface area (Å²) in [6, 6.07) is 11.7. The van der Waals surface area contributed by atoms with Crippen LogP contribution in [0.3, 0.4) is 0 Å². The Morgan fingerprint density at radius 3 is 2.74 bits per heavy atom. The van der Waals surface area contributed by atoms with Gasteiger partial charge in [-0.25, -0.2) is 0 Å². The van der Waals surface area contributed by atoms with Crippen LogP contribution in [0.15, 0.2) is 47.6 Å². The molecule has 0 unspecified atom stereocenters. The van der Waals surface area contributed by atoms with Crippen molar-refractivity contribution >= 4 is 11.6 Å². The van der Waals surface area contributed by atoms with Crippen LogP contribution in [0.4, 0.5) is 0 Å². The van der Waals surface area contributed by atoms with E-state index in [1.807, 2.05) is 53.9 Å². The SMILES string of the molecule is CCOc1cc(CNC(=NC)NCc2nnc3ccccn23)ccc1OC. The molecule has 8 heteroatoms. The van der Waals surface area contributed by atoms with E-state index in [1.165, 1.54) is 0 Å². The van der Waals surface area contributed by atoms with Gasteiger partial charge in [0, 0.05) is 19.8 Å². The molecule has 2 aromatic heterocycles. The summed E-state index contributed by atoms with van der Waals surface area (Å²) in [6.45, 7) is 3.65. The number of nitrogens with one attached hydrogen (secondary N) is 2. The molecular formula is C19H24N6O2. The van der Waals surface area contributed by atoms with Crippen molar-refractivity contribution in [2.75, 3.05) is 20.8 Å². The molecule has 0 bridgehead atoms. The van der Waals surface area contributed by atoms with Crippen molar-refractivity contribution in [1.29, 1.82) is 0 Å². The zero-order valence-electron chi connectivity index (χ0n) is 15.8. The number of fused-ring (bicyclic) bond motifs is 1. The van der Waals surface area contributed by atoms with Gasteiger partial charge in [0.1, 0.15) is 0 Å². The third-order valence-corrected chi connectivity index (χ3v) is 4.01. The Morgan fingerprint density at radius 1 is 1.11 bits per heavy atom. The molecule has 0 fully saturated rings. The molecule has 0 aliphatic heterocycles. The number of methoxy groups -OCH3 is 1. The first-order valence-corrected chi connectivity index (χ1v) is 8.78. The van der Waals surface area contributed by atoms with Crippen molar-refractivity contribution < 1.29 is 9.47 Å². The first-order chi connectivity index (χ1) is 13.2. The van der Waals surface area contributed by atoms with Gasteiger partial charge in [-0.15, -0.1) is 10.2 Å². The van der Waals surface area contributed by atoms with Crippen molar-refractivity contribution in [3.63, 3.8) is 0 Å². The Labute approximate surface area is 158 Å². The monoisotopic (exact) mass is 368 g/mol. The number of benzene rings is 1. The highest BCUT2D eigenvalue weighted by atomic mass is 16.5. The number of pyridine rings is 1. The smallest absolute Gasteiger partial charge is 0.191 e. The van der Waals surface area contributed by atoms with Crippen LogP contribution in [-0.2, 0) is 13.1 Å². The molecule has 27 heavy (non-hydrogen) atoms. The summed E-state index contributed by atoms with van der Waals surface area (Å²) in [5.41, 5.74) is 1.88. The van der Waals surface area contributed by atoms with Crippen molar-refractivity contribution in [3.05, 3.63) is 54.0 Å². The maximum absolute atomic E-state index is 5.62. The Hall–Kier alpha value is -3.29. The fourth-order valence-electron chi connectivity index (χ4n) is 2.68. The van der Waals surface area contributed by atoms with Gasteiger partial charge in [0.15, 0.2) is 28.9 Å². The number of nitrogens with zero attached hydrogens (tertiary/aromatic N) is 4. The lowest BCUT2D eigenvalue weighted by molar-refractivity contribution is 0.310. The molecule has 0 atom stereocenters. The molecular weight excluding hydrogens is 344 g/mol. The van der Waals surface area contributed by atoms with Crippen LogP contribution in [0.2, 0.25) is 0 Å². The van der Waals surface area contributed by atoms with E-state index in [9.17, 15) is 0 Å². The zero-order chi connectivity index (χ0) is 19.1. The molecule has 3 aromatic rings. The molecule has 0 amide bonds. The number of guanidine groups is 1. The van der Waals surface area contributed by atoms with Gasteiger partial charge < -0.3 is 20.1 Å². The minimum atomic E-state index is 0.512. The van der Waals surface area contributed by atoms with Crippen molar-refractivity contribution in [2.24, 2.45) is 4.99 Å². The highest BCUT2D eigenvalue weighted by Crippen LogP contribution is 2.27. The molecule has 0 aliphatic carbocycles. The summed E-state index contributed by atoms with van der Waals surface area (Å²) in [4.78, 5) is 4.26. The highest BCUT2D eigenvalue weighted by molar-refractivity contribution is 5.79. The van der Waals surface area contributed by atoms with Crippen LogP contribution in [0, 0.1) is 0 Å². The number of ether oxygens (including phenoxy) is 2.